The average Bonchev–Trinajstić information content (AvgIpc) is 2.38. The van der Waals surface area contributed by atoms with E-state index >= 15 is 0 Å². The van der Waals surface area contributed by atoms with Crippen molar-refractivity contribution in [2.45, 2.75) is 86.5 Å². The Morgan fingerprint density at radius 1 is 1.00 bits per heavy atom. The van der Waals surface area contributed by atoms with Crippen molar-refractivity contribution < 1.29 is 0 Å². The molecule has 0 amide bonds. The van der Waals surface area contributed by atoms with E-state index in [1.807, 2.05) is 0 Å². The van der Waals surface area contributed by atoms with Crippen molar-refractivity contribution in [3.8, 4) is 0 Å². The summed E-state index contributed by atoms with van der Waals surface area (Å²) >= 11 is 0. The first-order valence-corrected chi connectivity index (χ1v) is 9.02. The largest absolute Gasteiger partial charge is 0.0654 e. The Balaban J connectivity index is 2.70. The van der Waals surface area contributed by atoms with E-state index in [0.29, 0.717) is 0 Å². The third-order valence-corrected chi connectivity index (χ3v) is 6.03. The second-order valence-electron chi connectivity index (χ2n) is 7.56. The summed E-state index contributed by atoms with van der Waals surface area (Å²) < 4.78 is 0. The summed E-state index contributed by atoms with van der Waals surface area (Å²) in [4.78, 5) is 0. The molecule has 1 rings (SSSR count). The van der Waals surface area contributed by atoms with Gasteiger partial charge in [-0.3, -0.25) is 0 Å². The Hall–Kier alpha value is 0. The number of rotatable bonds is 7. The predicted octanol–water partition coefficient (Wildman–Crippen LogP) is 6.55. The van der Waals surface area contributed by atoms with Crippen LogP contribution >= 0.6 is 0 Å². The fourth-order valence-electron chi connectivity index (χ4n) is 4.71. The lowest BCUT2D eigenvalue weighted by Gasteiger charge is -2.46. The van der Waals surface area contributed by atoms with Crippen molar-refractivity contribution in [2.75, 3.05) is 0 Å². The van der Waals surface area contributed by atoms with Crippen LogP contribution < -0.4 is 0 Å². The van der Waals surface area contributed by atoms with Crippen LogP contribution in [0.2, 0.25) is 0 Å². The molecular weight excluding hydrogens is 228 g/mol. The Bertz CT molecular complexity index is 230. The van der Waals surface area contributed by atoms with Gasteiger partial charge < -0.3 is 0 Å². The van der Waals surface area contributed by atoms with E-state index < -0.39 is 0 Å². The number of hydrogen-bond acceptors (Lipinski definition) is 0. The molecule has 19 heavy (non-hydrogen) atoms. The van der Waals surface area contributed by atoms with Crippen LogP contribution in [0.15, 0.2) is 0 Å². The molecule has 0 saturated heterocycles. The summed E-state index contributed by atoms with van der Waals surface area (Å²) in [6.07, 6.45) is 10.1. The van der Waals surface area contributed by atoms with Gasteiger partial charge in [0.05, 0.1) is 0 Å². The van der Waals surface area contributed by atoms with Crippen LogP contribution in [0.3, 0.4) is 0 Å². The molecule has 0 spiro atoms. The van der Waals surface area contributed by atoms with Gasteiger partial charge in [-0.15, -0.1) is 0 Å². The molecule has 0 aromatic rings. The van der Waals surface area contributed by atoms with Gasteiger partial charge in [-0.1, -0.05) is 80.1 Å². The van der Waals surface area contributed by atoms with Crippen LogP contribution in [0.25, 0.3) is 0 Å². The molecule has 0 radical (unpaired) electrons. The first kappa shape index (κ1) is 17.1. The van der Waals surface area contributed by atoms with Crippen LogP contribution in [-0.4, -0.2) is 0 Å². The number of unbranched alkanes of at least 4 members (excludes halogenated alkanes) is 2. The van der Waals surface area contributed by atoms with E-state index in [1.54, 1.807) is 0 Å². The van der Waals surface area contributed by atoms with Crippen molar-refractivity contribution in [1.29, 1.82) is 0 Å². The van der Waals surface area contributed by atoms with Crippen LogP contribution in [0, 0.1) is 35.5 Å². The molecule has 0 aliphatic heterocycles. The molecule has 5 unspecified atom stereocenters. The van der Waals surface area contributed by atoms with Gasteiger partial charge in [0.15, 0.2) is 0 Å². The van der Waals surface area contributed by atoms with Crippen LogP contribution in [-0.2, 0) is 0 Å². The molecule has 0 nitrogen and oxygen atoms in total. The molecule has 0 heteroatoms. The summed E-state index contributed by atoms with van der Waals surface area (Å²) in [7, 11) is 0. The van der Waals surface area contributed by atoms with Crippen molar-refractivity contribution in [1.82, 2.24) is 0 Å². The van der Waals surface area contributed by atoms with Gasteiger partial charge in [0.1, 0.15) is 0 Å². The van der Waals surface area contributed by atoms with Crippen molar-refractivity contribution >= 4 is 0 Å². The molecule has 1 aliphatic rings. The Kier molecular flexibility index (Phi) is 7.47. The molecule has 1 aliphatic carbocycles. The highest BCUT2D eigenvalue weighted by molar-refractivity contribution is 4.88. The summed E-state index contributed by atoms with van der Waals surface area (Å²) in [6, 6.07) is 0. The zero-order valence-corrected chi connectivity index (χ0v) is 14.4. The monoisotopic (exact) mass is 266 g/mol. The fraction of sp³-hybridized carbons (Fsp3) is 1.00. The Morgan fingerprint density at radius 3 is 2.21 bits per heavy atom. The standard InChI is InChI=1S/C19H38/c1-7-9-10-11-17(8-2)18-13-12-15(5)16(6)19(18)14(3)4/h14-19H,7-13H2,1-6H3. The van der Waals surface area contributed by atoms with Crippen LogP contribution in [0.1, 0.15) is 86.5 Å². The zero-order valence-electron chi connectivity index (χ0n) is 14.4. The maximum Gasteiger partial charge on any atom is -0.0332 e. The van der Waals surface area contributed by atoms with Crippen molar-refractivity contribution in [3.05, 3.63) is 0 Å². The minimum absolute atomic E-state index is 0.864. The summed E-state index contributed by atoms with van der Waals surface area (Å²) in [6.45, 7) is 14.7. The first-order chi connectivity index (χ1) is 9.02. The molecule has 0 aromatic carbocycles. The van der Waals surface area contributed by atoms with Gasteiger partial charge in [-0.05, 0) is 41.9 Å². The van der Waals surface area contributed by atoms with Gasteiger partial charge >= 0.3 is 0 Å². The lowest BCUT2D eigenvalue weighted by molar-refractivity contribution is 0.0322. The van der Waals surface area contributed by atoms with Crippen molar-refractivity contribution in [2.24, 2.45) is 35.5 Å². The van der Waals surface area contributed by atoms with Gasteiger partial charge in [0, 0.05) is 0 Å². The molecule has 0 heterocycles. The fourth-order valence-corrected chi connectivity index (χ4v) is 4.71. The lowest BCUT2D eigenvalue weighted by Crippen LogP contribution is -2.38. The molecule has 5 atom stereocenters. The molecule has 0 N–H and O–H groups in total. The molecule has 1 saturated carbocycles. The highest BCUT2D eigenvalue weighted by Crippen LogP contribution is 2.47. The van der Waals surface area contributed by atoms with Crippen molar-refractivity contribution in [3.63, 3.8) is 0 Å². The Labute approximate surface area is 122 Å². The molecule has 0 bridgehead atoms. The van der Waals surface area contributed by atoms with Gasteiger partial charge in [0.2, 0.25) is 0 Å². The van der Waals surface area contributed by atoms with E-state index in [9.17, 15) is 0 Å². The average molecular weight is 267 g/mol. The molecule has 114 valence electrons. The topological polar surface area (TPSA) is 0 Å². The van der Waals surface area contributed by atoms with Gasteiger partial charge in [-0.25, -0.2) is 0 Å². The maximum atomic E-state index is 2.53. The second kappa shape index (κ2) is 8.32. The molecule has 0 aromatic heterocycles. The minimum Gasteiger partial charge on any atom is -0.0654 e. The number of hydrogen-bond donors (Lipinski definition) is 0. The molecular formula is C19H38. The third kappa shape index (κ3) is 4.50. The van der Waals surface area contributed by atoms with Crippen LogP contribution in [0.4, 0.5) is 0 Å². The smallest absolute Gasteiger partial charge is 0.0332 e. The third-order valence-electron chi connectivity index (χ3n) is 6.03. The SMILES string of the molecule is CCCCCC(CC)C1CCC(C)C(C)C1C(C)C. The zero-order chi connectivity index (χ0) is 14.4. The highest BCUT2D eigenvalue weighted by Gasteiger charge is 2.39. The predicted molar refractivity (Wildman–Crippen MR) is 87.3 cm³/mol. The van der Waals surface area contributed by atoms with E-state index in [-0.39, 0.29) is 0 Å². The lowest BCUT2D eigenvalue weighted by atomic mass is 9.59. The van der Waals surface area contributed by atoms with E-state index in [4.69, 9.17) is 0 Å². The van der Waals surface area contributed by atoms with E-state index in [0.717, 1.165) is 35.5 Å². The quantitative estimate of drug-likeness (QED) is 0.458. The Morgan fingerprint density at radius 2 is 1.68 bits per heavy atom. The first-order valence-electron chi connectivity index (χ1n) is 9.02. The summed E-state index contributed by atoms with van der Waals surface area (Å²) in [5, 5.41) is 0. The minimum atomic E-state index is 0.864. The van der Waals surface area contributed by atoms with E-state index in [2.05, 4.69) is 41.5 Å². The summed E-state index contributed by atoms with van der Waals surface area (Å²) in [5.41, 5.74) is 0. The highest BCUT2D eigenvalue weighted by atomic mass is 14.4. The maximum absolute atomic E-state index is 2.53. The van der Waals surface area contributed by atoms with E-state index in [1.165, 1.54) is 44.9 Å². The van der Waals surface area contributed by atoms with Gasteiger partial charge in [-0.2, -0.15) is 0 Å². The second-order valence-corrected chi connectivity index (χ2v) is 7.56. The van der Waals surface area contributed by atoms with Crippen LogP contribution in [0.5, 0.6) is 0 Å². The summed E-state index contributed by atoms with van der Waals surface area (Å²) in [5.74, 6) is 5.70. The molecule has 1 fully saturated rings. The van der Waals surface area contributed by atoms with Gasteiger partial charge in [0.25, 0.3) is 0 Å². The normalized spacial score (nSPS) is 33.6.